The number of rotatable bonds is 12. The topological polar surface area (TPSA) is 150 Å². The second-order valence-corrected chi connectivity index (χ2v) is 5.67. The van der Waals surface area contributed by atoms with E-state index in [1.54, 1.807) is 19.5 Å². The molecule has 1 N–H and O–H groups in total. The van der Waals surface area contributed by atoms with E-state index < -0.39 is 21.4 Å². The van der Waals surface area contributed by atoms with Crippen molar-refractivity contribution >= 4 is 18.5 Å². The van der Waals surface area contributed by atoms with Crippen molar-refractivity contribution in [2.24, 2.45) is 0 Å². The van der Waals surface area contributed by atoms with E-state index >= 15 is 0 Å². The molecule has 0 aliphatic rings. The van der Waals surface area contributed by atoms with Crippen LogP contribution in [0.15, 0.2) is 0 Å². The molecule has 0 spiro atoms. The van der Waals surface area contributed by atoms with Crippen molar-refractivity contribution in [3.63, 3.8) is 0 Å². The first-order chi connectivity index (χ1) is 11.6. The molecule has 162 valence electrons. The van der Waals surface area contributed by atoms with E-state index in [0.29, 0.717) is 6.54 Å². The predicted molar refractivity (Wildman–Crippen MR) is 96.0 cm³/mol. The molecule has 28 heavy (non-hydrogen) atoms. The largest absolute Gasteiger partial charge is 2.00 e. The predicted octanol–water partition coefficient (Wildman–Crippen LogP) is 1.81. The molecule has 2 atom stereocenters. The van der Waals surface area contributed by atoms with Crippen LogP contribution in [0.1, 0.15) is 59.3 Å². The fraction of sp³-hybridized carbons (Fsp3) is 0.750. The molecule has 0 aromatic rings. The maximum atomic E-state index is 11.2. The molecule has 0 fully saturated rings. The molecule has 0 aromatic heterocycles. The number of carbonyl (C=O) groups is 1. The van der Waals surface area contributed by atoms with Gasteiger partial charge in [-0.25, -0.2) is 0 Å². The molecular formula is C16H28N3O7W2-. The molecule has 0 heterocycles. The minimum Gasteiger partial charge on any atom is -0.542 e. The Hall–Kier alpha value is -1.01. The van der Waals surface area contributed by atoms with Gasteiger partial charge in [0.05, 0.1) is 0 Å². The monoisotopic (exact) mass is 742 g/mol. The summed E-state index contributed by atoms with van der Waals surface area (Å²) >= 11 is 0. The summed E-state index contributed by atoms with van der Waals surface area (Å²) < 4.78 is 0. The van der Waals surface area contributed by atoms with Gasteiger partial charge in [0.1, 0.15) is 0 Å². The Morgan fingerprint density at radius 2 is 1.64 bits per heavy atom. The molecule has 10 nitrogen and oxygen atoms in total. The van der Waals surface area contributed by atoms with Gasteiger partial charge in [-0.2, -0.15) is 0 Å². The van der Waals surface area contributed by atoms with E-state index in [4.69, 9.17) is 0 Å². The van der Waals surface area contributed by atoms with Gasteiger partial charge in [0.15, 0.2) is 0 Å². The van der Waals surface area contributed by atoms with Crippen LogP contribution in [0.5, 0.6) is 0 Å². The van der Waals surface area contributed by atoms with E-state index in [1.807, 2.05) is 0 Å². The minimum atomic E-state index is -1.22. The average Bonchev–Trinajstić information content (AvgIpc) is 2.56. The Morgan fingerprint density at radius 3 is 2.00 bits per heavy atom. The molecule has 0 saturated heterocycles. The summed E-state index contributed by atoms with van der Waals surface area (Å²) in [6.45, 7) is 5.21. The van der Waals surface area contributed by atoms with Gasteiger partial charge in [-0.1, -0.05) is 0 Å². The third kappa shape index (κ3) is 19.7. The smallest absolute Gasteiger partial charge is 0.542 e. The molecule has 12 heteroatoms. The van der Waals surface area contributed by atoms with Crippen LogP contribution in [0, 0.1) is 27.7 Å². The van der Waals surface area contributed by atoms with E-state index in [2.05, 4.69) is 5.32 Å². The first kappa shape index (κ1) is 37.7. The third-order valence-electron chi connectivity index (χ3n) is 3.50. The van der Waals surface area contributed by atoms with Crippen LogP contribution in [0.4, 0.5) is 0 Å². The number of nitrogens with zero attached hydrogens (tertiary/aromatic N) is 2. The van der Waals surface area contributed by atoms with Crippen molar-refractivity contribution in [1.29, 1.82) is 0 Å². The Bertz CT molecular complexity index is 468. The van der Waals surface area contributed by atoms with Crippen LogP contribution >= 0.6 is 0 Å². The van der Waals surface area contributed by atoms with Gasteiger partial charge in [0, 0.05) is 64.1 Å². The molecule has 1 amide bonds. The van der Waals surface area contributed by atoms with Crippen molar-refractivity contribution in [1.82, 2.24) is 5.32 Å². The summed E-state index contributed by atoms with van der Waals surface area (Å²) in [5.74, 6) is -0.203. The average molecular weight is 742 g/mol. The maximum Gasteiger partial charge on any atom is 2.00 e. The Labute approximate surface area is 194 Å². The van der Waals surface area contributed by atoms with Gasteiger partial charge >= 0.3 is 21.1 Å². The second-order valence-electron chi connectivity index (χ2n) is 5.67. The maximum absolute atomic E-state index is 11.2. The quantitative estimate of drug-likeness (QED) is 0.182. The Kier molecular flexibility index (Phi) is 30.0. The molecule has 0 saturated carbocycles. The summed E-state index contributed by atoms with van der Waals surface area (Å²) in [5.41, 5.74) is -1.22. The van der Waals surface area contributed by atoms with Crippen molar-refractivity contribution in [2.45, 2.75) is 70.9 Å². The second kappa shape index (κ2) is 22.3. The van der Waals surface area contributed by atoms with Crippen molar-refractivity contribution in [3.8, 4) is 0 Å². The zero-order chi connectivity index (χ0) is 19.9. The van der Waals surface area contributed by atoms with E-state index in [0.717, 1.165) is 0 Å². The van der Waals surface area contributed by atoms with Crippen LogP contribution in [0.2, 0.25) is 0 Å². The van der Waals surface area contributed by atoms with Crippen LogP contribution in [-0.4, -0.2) is 46.5 Å². The first-order valence-corrected chi connectivity index (χ1v) is 7.89. The molecule has 0 aromatic carbocycles. The molecular weight excluding hydrogens is 714 g/mol. The van der Waals surface area contributed by atoms with Crippen LogP contribution in [0.25, 0.3) is 0 Å². The van der Waals surface area contributed by atoms with Crippen LogP contribution < -0.4 is 5.32 Å². The van der Waals surface area contributed by atoms with Gasteiger partial charge in [-0.3, -0.25) is 37.6 Å². The zero-order valence-corrected chi connectivity index (χ0v) is 22.5. The van der Waals surface area contributed by atoms with Gasteiger partial charge < -0.3 is 22.3 Å². The van der Waals surface area contributed by atoms with Crippen molar-refractivity contribution < 1.29 is 66.4 Å². The van der Waals surface area contributed by atoms with E-state index in [1.165, 1.54) is 13.8 Å². The number of nitro groups is 2. The van der Waals surface area contributed by atoms with Crippen molar-refractivity contribution in [2.75, 3.05) is 6.54 Å². The molecule has 0 rings (SSSR count). The number of nitrogens with one attached hydrogen (secondary N) is 1. The summed E-state index contributed by atoms with van der Waals surface area (Å²) in [4.78, 5) is 50.7. The summed E-state index contributed by atoms with van der Waals surface area (Å²) in [5, 5.41) is 23.3. The number of hydrogen-bond acceptors (Lipinski definition) is 7. The Balaban J connectivity index is -0.000000128. The first-order valence-electron chi connectivity index (χ1n) is 7.89. The van der Waals surface area contributed by atoms with Gasteiger partial charge in [-0.05, 0) is 19.8 Å². The molecule has 0 radical (unpaired) electrons. The van der Waals surface area contributed by atoms with E-state index in [9.17, 15) is 34.6 Å². The van der Waals surface area contributed by atoms with Crippen LogP contribution in [-0.2, 0) is 56.5 Å². The van der Waals surface area contributed by atoms with E-state index in [-0.39, 0.29) is 94.0 Å². The molecule has 2 unspecified atom stereocenters. The van der Waals surface area contributed by atoms with Crippen molar-refractivity contribution in [3.05, 3.63) is 27.7 Å². The normalized spacial score (nSPS) is 12.0. The molecule has 0 aliphatic carbocycles. The number of hydrogen-bond donors (Lipinski definition) is 1. The number of carbonyl (C=O) groups excluding carboxylic acids is 3. The van der Waals surface area contributed by atoms with Gasteiger partial charge in [0.2, 0.25) is 17.5 Å². The standard InChI is InChI=1S/C10H17N2O4.C5H8NO3.CH3.2W/c1-3-11-9(14)5-7-10(2,12(15)16)6-4-8-13;1-5(6(8)9)3-2-4-7;;;/h3-7H2,1-2H3,(H,11,14);5H,2-3H2,1H3;1H3;;/q3*-1;;+2. The van der Waals surface area contributed by atoms with Gasteiger partial charge in [-0.15, -0.1) is 12.8 Å². The summed E-state index contributed by atoms with van der Waals surface area (Å²) in [6.07, 6.45) is 4.05. The fourth-order valence-corrected chi connectivity index (χ4v) is 1.67. The summed E-state index contributed by atoms with van der Waals surface area (Å²) in [6, 6.07) is -0.619. The summed E-state index contributed by atoms with van der Waals surface area (Å²) in [7, 11) is 0. The molecule has 0 bridgehead atoms. The third-order valence-corrected chi connectivity index (χ3v) is 3.50. The molecule has 0 aliphatic heterocycles. The Morgan fingerprint density at radius 1 is 1.14 bits per heavy atom. The fourth-order valence-electron chi connectivity index (χ4n) is 1.67. The SMILES string of the molecule is CC(CC[C-]=O)[N+](=O)[O-].CCNC(=O)CCC(C)(CC[C-]=O)[N+](=O)[O-].[CH3-].[W+2].[W]. The minimum absolute atomic E-state index is 0. The van der Waals surface area contributed by atoms with Gasteiger partial charge in [0.25, 0.3) is 0 Å². The zero-order valence-electron chi connectivity index (χ0n) is 16.6. The van der Waals surface area contributed by atoms with Crippen LogP contribution in [0.3, 0.4) is 0 Å². The number of amides is 1.